The molecule has 4 aliphatic carbocycles. The fourth-order valence-corrected chi connectivity index (χ4v) is 15.2. The molecule has 0 unspecified atom stereocenters. The predicted octanol–water partition coefficient (Wildman–Crippen LogP) is 15.8. The summed E-state index contributed by atoms with van der Waals surface area (Å²) in [6.07, 6.45) is 3.37. The van der Waals surface area contributed by atoms with Crippen molar-refractivity contribution in [2.75, 3.05) is 0 Å². The van der Waals surface area contributed by atoms with Gasteiger partial charge in [0.2, 0.25) is 0 Å². The molecule has 5 aliphatic rings. The first-order valence-corrected chi connectivity index (χ1v) is 26.7. The highest BCUT2D eigenvalue weighted by molar-refractivity contribution is 7.48. The van der Waals surface area contributed by atoms with Gasteiger partial charge in [0.1, 0.15) is 11.5 Å². The molecule has 0 saturated heterocycles. The van der Waals surface area contributed by atoms with E-state index >= 15 is 0 Å². The summed E-state index contributed by atoms with van der Waals surface area (Å²) in [4.78, 5) is 12.2. The maximum absolute atomic E-state index is 15.0. The van der Waals surface area contributed by atoms with Crippen molar-refractivity contribution in [1.29, 1.82) is 0 Å². The maximum Gasteiger partial charge on any atom is 0.584 e. The van der Waals surface area contributed by atoms with Crippen molar-refractivity contribution < 1.29 is 18.5 Å². The Morgan fingerprint density at radius 2 is 0.708 bits per heavy atom. The van der Waals surface area contributed by atoms with Crippen molar-refractivity contribution in [2.45, 2.75) is 41.9 Å². The molecule has 5 heteroatoms. The monoisotopic (exact) mass is 946 g/mol. The van der Waals surface area contributed by atoms with Gasteiger partial charge in [0.25, 0.3) is 0 Å². The molecule has 10 aromatic rings. The zero-order chi connectivity index (χ0) is 47.8. The van der Waals surface area contributed by atoms with Crippen LogP contribution in [0.2, 0.25) is 0 Å². The molecule has 1 aliphatic heterocycles. The number of fused-ring (bicyclic) bond motifs is 6. The average molecular weight is 947 g/mol. The van der Waals surface area contributed by atoms with E-state index in [1.54, 1.807) is 0 Å². The van der Waals surface area contributed by atoms with Crippen LogP contribution in [-0.4, -0.2) is 4.89 Å². The normalized spacial score (nSPS) is 16.9. The molecule has 0 bridgehead atoms. The van der Waals surface area contributed by atoms with Gasteiger partial charge in [0, 0.05) is 27.7 Å². The third-order valence-corrected chi connectivity index (χ3v) is 17.9. The van der Waals surface area contributed by atoms with Crippen LogP contribution in [0.3, 0.4) is 0 Å². The van der Waals surface area contributed by atoms with Crippen molar-refractivity contribution in [1.82, 2.24) is 0 Å². The minimum Gasteiger partial charge on any atom is -0.394 e. The van der Waals surface area contributed by atoms with Gasteiger partial charge in [-0.3, -0.25) is 4.89 Å². The minimum absolute atomic E-state index is 0.454. The van der Waals surface area contributed by atoms with Gasteiger partial charge in [0.15, 0.2) is 0 Å². The number of phosphoric acid groups is 1. The van der Waals surface area contributed by atoms with Crippen molar-refractivity contribution in [3.8, 4) is 56.0 Å². The first-order chi connectivity index (χ1) is 35.4. The van der Waals surface area contributed by atoms with E-state index in [9.17, 15) is 9.46 Å². The fraction of sp³-hybridized carbons (Fsp3) is 0.104. The Morgan fingerprint density at radius 3 is 1.10 bits per heavy atom. The fourth-order valence-electron chi connectivity index (χ4n) is 14.3. The van der Waals surface area contributed by atoms with E-state index in [1.807, 2.05) is 0 Å². The van der Waals surface area contributed by atoms with Crippen LogP contribution in [0.15, 0.2) is 231 Å². The van der Waals surface area contributed by atoms with Crippen molar-refractivity contribution in [3.63, 3.8) is 0 Å². The second kappa shape index (κ2) is 15.2. The van der Waals surface area contributed by atoms with E-state index in [4.69, 9.17) is 9.05 Å². The van der Waals surface area contributed by atoms with Gasteiger partial charge in [-0.15, -0.1) is 0 Å². The highest BCUT2D eigenvalue weighted by Crippen LogP contribution is 2.67. The lowest BCUT2D eigenvalue weighted by Crippen LogP contribution is -2.28. The average Bonchev–Trinajstić information content (AvgIpc) is 4.17. The van der Waals surface area contributed by atoms with Gasteiger partial charge in [-0.2, -0.15) is 0 Å². The Hall–Kier alpha value is -8.01. The van der Waals surface area contributed by atoms with E-state index in [0.717, 1.165) is 81.3 Å². The lowest BCUT2D eigenvalue weighted by molar-refractivity contribution is 0.281. The maximum atomic E-state index is 15.0. The molecular weight excluding hydrogens is 900 g/mol. The molecule has 0 fully saturated rings. The van der Waals surface area contributed by atoms with Gasteiger partial charge < -0.3 is 9.05 Å². The third kappa shape index (κ3) is 5.54. The Labute approximate surface area is 419 Å². The molecule has 0 aromatic heterocycles. The molecule has 72 heavy (non-hydrogen) atoms. The predicted molar refractivity (Wildman–Crippen MR) is 287 cm³/mol. The lowest BCUT2D eigenvalue weighted by atomic mass is 9.67. The van der Waals surface area contributed by atoms with Crippen LogP contribution in [0.1, 0.15) is 79.6 Å². The zero-order valence-electron chi connectivity index (χ0n) is 39.4. The summed E-state index contributed by atoms with van der Waals surface area (Å²) >= 11 is 0. The molecule has 1 heterocycles. The van der Waals surface area contributed by atoms with Crippen LogP contribution >= 0.6 is 7.82 Å². The van der Waals surface area contributed by atoms with Gasteiger partial charge in [0.05, 0.1) is 10.8 Å². The Kier molecular flexibility index (Phi) is 8.84. The molecule has 1 spiro atoms. The molecule has 15 rings (SSSR count). The Balaban J connectivity index is 0.906. The van der Waals surface area contributed by atoms with E-state index in [0.29, 0.717) is 11.5 Å². The number of hydrogen-bond donors (Lipinski definition) is 1. The summed E-state index contributed by atoms with van der Waals surface area (Å²) in [5.41, 5.74) is 20.5. The molecule has 1 N–H and O–H groups in total. The second-order valence-corrected chi connectivity index (χ2v) is 21.6. The number of hydrogen-bond acceptors (Lipinski definition) is 3. The zero-order valence-corrected chi connectivity index (χ0v) is 40.3. The second-order valence-electron chi connectivity index (χ2n) is 20.3. The Bertz CT molecular complexity index is 3590. The van der Waals surface area contributed by atoms with Crippen LogP contribution in [0.4, 0.5) is 0 Å². The number of benzene rings is 10. The van der Waals surface area contributed by atoms with Crippen LogP contribution in [0, 0.1) is 0 Å². The first-order valence-electron chi connectivity index (χ1n) is 25.2. The first kappa shape index (κ1) is 41.7. The standard InChI is InChI=1S/C67H47O4P/c68-72(69)70-63-51(45-31-35-59-55(41-45)53-25-13-15-27-57(53)66(59,47-17-5-1-6-18-47)48-19-7-2-8-20-48)33-29-43-37-39-65(61(43)63)40-38-44-30-34-52(64(71-72)62(44)65)46-32-36-60-56(42-46)54-26-14-16-28-58(54)67(60,49-21-9-3-10-22-49)50-23-11-4-12-24-50/h1-36,41-42H,37-40H2,(H,68,69). The van der Waals surface area contributed by atoms with E-state index in [1.165, 1.54) is 55.6 Å². The van der Waals surface area contributed by atoms with Gasteiger partial charge in [-0.05, 0) is 127 Å². The van der Waals surface area contributed by atoms with Crippen molar-refractivity contribution in [3.05, 3.63) is 297 Å². The van der Waals surface area contributed by atoms with Crippen LogP contribution in [0.5, 0.6) is 11.5 Å². The summed E-state index contributed by atoms with van der Waals surface area (Å²) in [7, 11) is -4.80. The molecule has 0 amide bonds. The third-order valence-electron chi connectivity index (χ3n) is 17.0. The summed E-state index contributed by atoms with van der Waals surface area (Å²) in [6, 6.07) is 82.8. The minimum atomic E-state index is -4.80. The summed E-state index contributed by atoms with van der Waals surface area (Å²) < 4.78 is 28.2. The molecule has 10 aromatic carbocycles. The van der Waals surface area contributed by atoms with Crippen molar-refractivity contribution >= 4 is 7.82 Å². The number of phosphoric ester groups is 1. The Morgan fingerprint density at radius 1 is 0.361 bits per heavy atom. The van der Waals surface area contributed by atoms with E-state index < -0.39 is 24.1 Å². The molecule has 0 saturated carbocycles. The van der Waals surface area contributed by atoms with Gasteiger partial charge in [-0.1, -0.05) is 218 Å². The number of rotatable bonds is 6. The lowest BCUT2D eigenvalue weighted by Gasteiger charge is -2.35. The quantitative estimate of drug-likeness (QED) is 0.169. The highest BCUT2D eigenvalue weighted by atomic mass is 31.2. The van der Waals surface area contributed by atoms with E-state index in [-0.39, 0.29) is 0 Å². The summed E-state index contributed by atoms with van der Waals surface area (Å²) in [5, 5.41) is 0. The number of aryl methyl sites for hydroxylation is 2. The SMILES string of the molecule is O=P1(O)Oc2c(-c3ccc4c(c3)-c3ccccc3C4(c3ccccc3)c3ccccc3)ccc3c2C2(CC3)CCc3ccc(-c4ccc5c(c4)-c4ccccc4C5(c4ccccc4)c4ccccc4)c(c32)O1. The van der Waals surface area contributed by atoms with Crippen LogP contribution in [0.25, 0.3) is 44.5 Å². The summed E-state index contributed by atoms with van der Waals surface area (Å²) in [5.74, 6) is 0.909. The van der Waals surface area contributed by atoms with Crippen LogP contribution < -0.4 is 9.05 Å². The summed E-state index contributed by atoms with van der Waals surface area (Å²) in [6.45, 7) is 0. The van der Waals surface area contributed by atoms with Gasteiger partial charge in [-0.25, -0.2) is 4.57 Å². The van der Waals surface area contributed by atoms with E-state index in [2.05, 4.69) is 231 Å². The molecule has 4 nitrogen and oxygen atoms in total. The molecule has 344 valence electrons. The highest BCUT2D eigenvalue weighted by Gasteiger charge is 2.54. The van der Waals surface area contributed by atoms with Gasteiger partial charge >= 0.3 is 7.82 Å². The smallest absolute Gasteiger partial charge is 0.394 e. The molecule has 0 atom stereocenters. The molecule has 0 radical (unpaired) electrons. The van der Waals surface area contributed by atoms with Crippen molar-refractivity contribution in [2.24, 2.45) is 0 Å². The molecular formula is C67H47O4P. The van der Waals surface area contributed by atoms with Crippen LogP contribution in [-0.2, 0) is 33.7 Å². The largest absolute Gasteiger partial charge is 0.584 e. The topological polar surface area (TPSA) is 55.8 Å².